The average Bonchev–Trinajstić information content (AvgIpc) is 2.88. The summed E-state index contributed by atoms with van der Waals surface area (Å²) in [5.41, 5.74) is 5.96. The Kier molecular flexibility index (Phi) is 7.37. The van der Waals surface area contributed by atoms with Crippen LogP contribution in [0.25, 0.3) is 22.3 Å². The first-order chi connectivity index (χ1) is 16.6. The number of aromatic hydroxyl groups is 2. The van der Waals surface area contributed by atoms with Gasteiger partial charge in [0.05, 0.1) is 0 Å². The predicted octanol–water partition coefficient (Wildman–Crippen LogP) is 8.71. The topological polar surface area (TPSA) is 40.5 Å². The molecule has 2 N–H and O–H groups in total. The first kappa shape index (κ1) is 23.6. The number of benzene rings is 4. The summed E-state index contributed by atoms with van der Waals surface area (Å²) < 4.78 is 0. The third kappa shape index (κ3) is 4.72. The fourth-order valence-electron chi connectivity index (χ4n) is 5.14. The Morgan fingerprint density at radius 3 is 1.44 bits per heavy atom. The van der Waals surface area contributed by atoms with Crippen LogP contribution in [0.1, 0.15) is 57.1 Å². The van der Waals surface area contributed by atoms with Crippen molar-refractivity contribution in [1.29, 1.82) is 0 Å². The van der Waals surface area contributed by atoms with Crippen molar-refractivity contribution in [3.05, 3.63) is 108 Å². The van der Waals surface area contributed by atoms with Gasteiger partial charge in [0, 0.05) is 16.5 Å². The van der Waals surface area contributed by atoms with E-state index in [1.807, 2.05) is 72.8 Å². The maximum Gasteiger partial charge on any atom is 0.123 e. The lowest BCUT2D eigenvalue weighted by atomic mass is 9.67. The Morgan fingerprint density at radius 2 is 1.03 bits per heavy atom. The van der Waals surface area contributed by atoms with E-state index < -0.39 is 0 Å². The fourth-order valence-corrected chi connectivity index (χ4v) is 5.14. The van der Waals surface area contributed by atoms with Crippen molar-refractivity contribution in [2.75, 3.05) is 0 Å². The molecule has 4 rings (SSSR count). The minimum absolute atomic E-state index is 0.209. The summed E-state index contributed by atoms with van der Waals surface area (Å²) in [6.07, 6.45) is 5.25. The number of hydrogen-bond acceptors (Lipinski definition) is 2. The van der Waals surface area contributed by atoms with Crippen LogP contribution in [0.4, 0.5) is 0 Å². The minimum Gasteiger partial charge on any atom is -0.507 e. The highest BCUT2D eigenvalue weighted by molar-refractivity contribution is 5.73. The first-order valence-corrected chi connectivity index (χ1v) is 12.4. The standard InChI is InChI=1S/C32H34O2/c1-3-5-21-32(20-4-2,26-16-18-30(33)28(22-26)24-12-8-6-9-13-24)27-17-19-31(34)29(23-27)25-14-10-7-11-15-25/h6-19,22-23,33-34H,3-5,20-21H2,1-2H3. The summed E-state index contributed by atoms with van der Waals surface area (Å²) in [6, 6.07) is 32.4. The van der Waals surface area contributed by atoms with Crippen LogP contribution in [0.3, 0.4) is 0 Å². The Labute approximate surface area is 203 Å². The second-order valence-electron chi connectivity index (χ2n) is 9.13. The fraction of sp³-hybridized carbons (Fsp3) is 0.250. The van der Waals surface area contributed by atoms with Gasteiger partial charge in [0.15, 0.2) is 0 Å². The lowest BCUT2D eigenvalue weighted by Gasteiger charge is -2.36. The maximum atomic E-state index is 10.7. The molecule has 0 bridgehead atoms. The van der Waals surface area contributed by atoms with Crippen LogP contribution in [0.5, 0.6) is 11.5 Å². The second kappa shape index (κ2) is 10.6. The van der Waals surface area contributed by atoms with Gasteiger partial charge in [0.2, 0.25) is 0 Å². The van der Waals surface area contributed by atoms with Gasteiger partial charge < -0.3 is 10.2 Å². The van der Waals surface area contributed by atoms with Gasteiger partial charge in [-0.25, -0.2) is 0 Å². The number of phenolic OH excluding ortho intramolecular Hbond substituents is 2. The Morgan fingerprint density at radius 1 is 0.559 bits per heavy atom. The molecule has 0 saturated carbocycles. The van der Waals surface area contributed by atoms with E-state index in [0.717, 1.165) is 54.4 Å². The molecule has 174 valence electrons. The second-order valence-corrected chi connectivity index (χ2v) is 9.13. The lowest BCUT2D eigenvalue weighted by molar-refractivity contribution is 0.413. The molecule has 0 aromatic heterocycles. The highest BCUT2D eigenvalue weighted by Crippen LogP contribution is 2.46. The molecular weight excluding hydrogens is 416 g/mol. The van der Waals surface area contributed by atoms with Crippen LogP contribution in [0.2, 0.25) is 0 Å². The van der Waals surface area contributed by atoms with Crippen LogP contribution >= 0.6 is 0 Å². The Balaban J connectivity index is 1.92. The van der Waals surface area contributed by atoms with Crippen molar-refractivity contribution < 1.29 is 10.2 Å². The van der Waals surface area contributed by atoms with Crippen molar-refractivity contribution in [3.8, 4) is 33.8 Å². The van der Waals surface area contributed by atoms with Crippen LogP contribution in [0.15, 0.2) is 97.1 Å². The van der Waals surface area contributed by atoms with Gasteiger partial charge in [-0.1, -0.05) is 106 Å². The molecule has 4 aromatic carbocycles. The van der Waals surface area contributed by atoms with Crippen molar-refractivity contribution in [1.82, 2.24) is 0 Å². The third-order valence-corrected chi connectivity index (χ3v) is 6.90. The van der Waals surface area contributed by atoms with Gasteiger partial charge in [-0.05, 0) is 59.4 Å². The van der Waals surface area contributed by atoms with E-state index in [9.17, 15) is 10.2 Å². The van der Waals surface area contributed by atoms with E-state index in [0.29, 0.717) is 11.5 Å². The molecule has 0 aliphatic carbocycles. The van der Waals surface area contributed by atoms with Crippen LogP contribution in [-0.4, -0.2) is 10.2 Å². The van der Waals surface area contributed by atoms with Crippen LogP contribution in [0, 0.1) is 0 Å². The van der Waals surface area contributed by atoms with Crippen molar-refractivity contribution in [2.24, 2.45) is 0 Å². The maximum absolute atomic E-state index is 10.7. The minimum atomic E-state index is -0.209. The summed E-state index contributed by atoms with van der Waals surface area (Å²) in [4.78, 5) is 0. The lowest BCUT2D eigenvalue weighted by Crippen LogP contribution is -2.28. The summed E-state index contributed by atoms with van der Waals surface area (Å²) >= 11 is 0. The zero-order chi connectivity index (χ0) is 24.0. The zero-order valence-electron chi connectivity index (χ0n) is 20.2. The molecule has 0 aliphatic heterocycles. The highest BCUT2D eigenvalue weighted by atomic mass is 16.3. The molecule has 2 heteroatoms. The Bertz CT molecular complexity index is 1120. The van der Waals surface area contributed by atoms with Crippen LogP contribution < -0.4 is 0 Å². The molecule has 0 saturated heterocycles. The quantitative estimate of drug-likeness (QED) is 0.268. The molecule has 4 aromatic rings. The van der Waals surface area contributed by atoms with E-state index in [1.165, 1.54) is 11.1 Å². The average molecular weight is 451 g/mol. The van der Waals surface area contributed by atoms with E-state index in [1.54, 1.807) is 0 Å². The van der Waals surface area contributed by atoms with E-state index in [-0.39, 0.29) is 5.41 Å². The molecule has 34 heavy (non-hydrogen) atoms. The van der Waals surface area contributed by atoms with Gasteiger partial charge in [-0.3, -0.25) is 0 Å². The zero-order valence-corrected chi connectivity index (χ0v) is 20.2. The molecule has 0 atom stereocenters. The number of hydrogen-bond donors (Lipinski definition) is 2. The SMILES string of the molecule is CCCCC(CCC)(c1ccc(O)c(-c2ccccc2)c1)c1ccc(O)c(-c2ccccc2)c1. The normalized spacial score (nSPS) is 11.5. The molecular formula is C32H34O2. The molecule has 0 unspecified atom stereocenters. The highest BCUT2D eigenvalue weighted by Gasteiger charge is 2.34. The van der Waals surface area contributed by atoms with E-state index in [4.69, 9.17) is 0 Å². The van der Waals surface area contributed by atoms with Gasteiger partial charge in [-0.2, -0.15) is 0 Å². The molecule has 0 amide bonds. The number of phenols is 2. The molecule has 0 heterocycles. The third-order valence-electron chi connectivity index (χ3n) is 6.90. The number of unbranched alkanes of at least 4 members (excludes halogenated alkanes) is 1. The van der Waals surface area contributed by atoms with Gasteiger partial charge in [0.25, 0.3) is 0 Å². The number of rotatable bonds is 9. The van der Waals surface area contributed by atoms with E-state index >= 15 is 0 Å². The predicted molar refractivity (Wildman–Crippen MR) is 142 cm³/mol. The monoisotopic (exact) mass is 450 g/mol. The summed E-state index contributed by atoms with van der Waals surface area (Å²) in [6.45, 7) is 4.47. The van der Waals surface area contributed by atoms with Gasteiger partial charge in [0.1, 0.15) is 11.5 Å². The molecule has 0 spiro atoms. The Hall–Kier alpha value is -3.52. The smallest absolute Gasteiger partial charge is 0.123 e. The summed E-state index contributed by atoms with van der Waals surface area (Å²) in [5, 5.41) is 21.5. The van der Waals surface area contributed by atoms with Crippen molar-refractivity contribution in [2.45, 2.75) is 51.4 Å². The largest absolute Gasteiger partial charge is 0.507 e. The van der Waals surface area contributed by atoms with Gasteiger partial charge >= 0.3 is 0 Å². The molecule has 0 aliphatic rings. The molecule has 2 nitrogen and oxygen atoms in total. The van der Waals surface area contributed by atoms with Gasteiger partial charge in [-0.15, -0.1) is 0 Å². The molecule has 0 radical (unpaired) electrons. The van der Waals surface area contributed by atoms with Crippen molar-refractivity contribution >= 4 is 0 Å². The summed E-state index contributed by atoms with van der Waals surface area (Å²) in [5.74, 6) is 0.595. The first-order valence-electron chi connectivity index (χ1n) is 12.4. The van der Waals surface area contributed by atoms with E-state index in [2.05, 4.69) is 38.1 Å². The van der Waals surface area contributed by atoms with Crippen molar-refractivity contribution in [3.63, 3.8) is 0 Å². The van der Waals surface area contributed by atoms with Crippen LogP contribution in [-0.2, 0) is 5.41 Å². The summed E-state index contributed by atoms with van der Waals surface area (Å²) in [7, 11) is 0. The molecule has 0 fully saturated rings.